The second kappa shape index (κ2) is 22.9. The molecule has 8 rings (SSSR count). The van der Waals surface area contributed by atoms with Crippen LogP contribution in [-0.2, 0) is 45.3 Å². The van der Waals surface area contributed by atoms with Gasteiger partial charge in [-0.05, 0) is 50.2 Å². The summed E-state index contributed by atoms with van der Waals surface area (Å²) in [6, 6.07) is 20.6. The van der Waals surface area contributed by atoms with Crippen molar-refractivity contribution in [3.8, 4) is 69.2 Å². The van der Waals surface area contributed by atoms with Gasteiger partial charge in [-0.25, -0.2) is 36.8 Å². The van der Waals surface area contributed by atoms with Crippen molar-refractivity contribution in [1.82, 2.24) is 58.6 Å². The summed E-state index contributed by atoms with van der Waals surface area (Å²) in [5, 5.41) is 36.1. The first-order valence-electron chi connectivity index (χ1n) is 22.5. The smallest absolute Gasteiger partial charge is 0.213 e. The predicted molar refractivity (Wildman–Crippen MR) is 269 cm³/mol. The third-order valence-electron chi connectivity index (χ3n) is 11.8. The highest BCUT2D eigenvalue weighted by molar-refractivity contribution is 7.91. The van der Waals surface area contributed by atoms with E-state index in [2.05, 4.69) is 40.3 Å². The Labute approximate surface area is 427 Å². The molecule has 0 saturated heterocycles. The highest BCUT2D eigenvalue weighted by Gasteiger charge is 2.36. The van der Waals surface area contributed by atoms with Gasteiger partial charge in [-0.15, -0.1) is 20.4 Å². The molecule has 0 radical (unpaired) electrons. The summed E-state index contributed by atoms with van der Waals surface area (Å²) in [5.74, 6) is 1.94. The van der Waals surface area contributed by atoms with E-state index in [1.165, 1.54) is 78.3 Å². The van der Waals surface area contributed by atoms with E-state index in [1.54, 1.807) is 108 Å². The Morgan fingerprint density at radius 1 is 0.500 bits per heavy atom. The number of rotatable bonds is 20. The average Bonchev–Trinajstić information content (AvgIpc) is 4.24. The van der Waals surface area contributed by atoms with Gasteiger partial charge in [0.15, 0.2) is 43.0 Å². The molecule has 0 aliphatic heterocycles. The average molecular weight is 1060 g/mol. The highest BCUT2D eigenvalue weighted by atomic mass is 32.2. The number of pyridine rings is 2. The van der Waals surface area contributed by atoms with Crippen molar-refractivity contribution in [3.05, 3.63) is 121 Å². The molecule has 24 nitrogen and oxygen atoms in total. The van der Waals surface area contributed by atoms with Crippen molar-refractivity contribution in [2.45, 2.75) is 48.1 Å². The molecule has 392 valence electrons. The molecule has 26 heteroatoms. The minimum atomic E-state index is -3.95. The largest absolute Gasteiger partial charge is 0.494 e. The predicted octanol–water partition coefficient (Wildman–Crippen LogP) is 4.25. The number of methoxy groups -OCH3 is 6. The van der Waals surface area contributed by atoms with Gasteiger partial charge in [-0.3, -0.25) is 9.13 Å². The number of imidazole rings is 2. The molecule has 0 bridgehead atoms. The van der Waals surface area contributed by atoms with Crippen LogP contribution in [0.4, 0.5) is 0 Å². The molecule has 0 aliphatic carbocycles. The van der Waals surface area contributed by atoms with Crippen LogP contribution >= 0.6 is 0 Å². The number of aromatic nitrogens is 12. The summed E-state index contributed by atoms with van der Waals surface area (Å²) in [4.78, 5) is 17.1. The van der Waals surface area contributed by atoms with E-state index in [0.717, 1.165) is 0 Å². The van der Waals surface area contributed by atoms with Gasteiger partial charge in [0.25, 0.3) is 0 Å². The molecule has 6 heterocycles. The lowest BCUT2D eigenvalue weighted by atomic mass is 10.2. The lowest BCUT2D eigenvalue weighted by molar-refractivity contribution is 0.171. The number of aliphatic hydroxyl groups is 2. The zero-order valence-corrected chi connectivity index (χ0v) is 43.8. The number of nitrogens with zero attached hydrogens (tertiary/aromatic N) is 12. The third-order valence-corrected chi connectivity index (χ3v) is 15.9. The SMILES string of the molecule is COc1cccc(-c2nnc(CS(=O)(=O)[C@@H](C)[C@@H](O)c3cn(C)cn3)n2-c2c(OC)cccc2OC)n1.COc1cccc(-c2nnc(CS(=O)(=O)[C@H](C)[C@H](O)c3cn(C)cn3)n2-c2c(OC)cccc2OC)n1. The Hall–Kier alpha value is -7.94. The number of aryl methyl sites for hydroxylation is 2. The number of para-hydroxylation sites is 2. The van der Waals surface area contributed by atoms with Crippen LogP contribution in [0.2, 0.25) is 0 Å². The minimum absolute atomic E-state index is 0.0856. The van der Waals surface area contributed by atoms with E-state index in [1.807, 2.05) is 0 Å². The van der Waals surface area contributed by atoms with Crippen molar-refractivity contribution >= 4 is 19.7 Å². The van der Waals surface area contributed by atoms with Crippen LogP contribution in [-0.4, -0.2) is 139 Å². The Morgan fingerprint density at radius 3 is 1.14 bits per heavy atom. The Kier molecular flexibility index (Phi) is 16.6. The number of hydrogen-bond acceptors (Lipinski definition) is 20. The lowest BCUT2D eigenvalue weighted by Gasteiger charge is -2.20. The first kappa shape index (κ1) is 53.8. The van der Waals surface area contributed by atoms with Crippen LogP contribution in [0.3, 0.4) is 0 Å². The molecule has 0 amide bonds. The summed E-state index contributed by atoms with van der Waals surface area (Å²) >= 11 is 0. The van der Waals surface area contributed by atoms with Gasteiger partial charge >= 0.3 is 0 Å². The van der Waals surface area contributed by atoms with Crippen molar-refractivity contribution < 1.29 is 55.5 Å². The fraction of sp³-hybridized carbons (Fsp3) is 0.333. The number of benzene rings is 2. The molecule has 0 saturated carbocycles. The molecule has 8 aromatic rings. The zero-order valence-electron chi connectivity index (χ0n) is 42.1. The fourth-order valence-electron chi connectivity index (χ4n) is 7.70. The zero-order chi connectivity index (χ0) is 53.5. The van der Waals surface area contributed by atoms with Gasteiger partial charge in [-0.1, -0.05) is 24.3 Å². The Balaban J connectivity index is 0.000000216. The van der Waals surface area contributed by atoms with E-state index in [0.29, 0.717) is 57.5 Å². The molecule has 74 heavy (non-hydrogen) atoms. The number of sulfone groups is 2. The lowest BCUT2D eigenvalue weighted by Crippen LogP contribution is -2.28. The van der Waals surface area contributed by atoms with Gasteiger partial charge in [0, 0.05) is 38.6 Å². The molecular weight excluding hydrogens is 1000 g/mol. The molecule has 6 aromatic heterocycles. The summed E-state index contributed by atoms with van der Waals surface area (Å²) in [5.41, 5.74) is 2.11. The Morgan fingerprint density at radius 2 is 0.838 bits per heavy atom. The molecule has 0 aliphatic rings. The number of ether oxygens (including phenoxy) is 6. The highest BCUT2D eigenvalue weighted by Crippen LogP contribution is 2.39. The van der Waals surface area contributed by atoms with Crippen molar-refractivity contribution in [1.29, 1.82) is 0 Å². The maximum absolute atomic E-state index is 13.5. The summed E-state index contributed by atoms with van der Waals surface area (Å²) in [7, 11) is 4.53. The van der Waals surface area contributed by atoms with Crippen LogP contribution in [0.15, 0.2) is 97.8 Å². The standard InChI is InChI=1S/2C24H28N6O6S/c2*1-15(23(31)17-12-29(2)14-25-17)37(32,33)13-20-27-28-24(16-8-6-11-21(26-16)36-5)30(20)22-18(34-3)9-7-10-19(22)35-4/h2*6-12,14-15,23,31H,13H2,1-5H3/t2*15-,23+/m10/s1. The van der Waals surface area contributed by atoms with Crippen LogP contribution in [0.1, 0.15) is 49.1 Å². The maximum Gasteiger partial charge on any atom is 0.213 e. The molecule has 2 aromatic carbocycles. The molecule has 2 N–H and O–H groups in total. The topological polar surface area (TPSA) is 287 Å². The van der Waals surface area contributed by atoms with E-state index >= 15 is 0 Å². The van der Waals surface area contributed by atoms with E-state index in [4.69, 9.17) is 28.4 Å². The first-order valence-corrected chi connectivity index (χ1v) is 25.9. The summed E-state index contributed by atoms with van der Waals surface area (Å²) < 4.78 is 93.1. The summed E-state index contributed by atoms with van der Waals surface area (Å²) in [6.07, 6.45) is 3.48. The monoisotopic (exact) mass is 1060 g/mol. The summed E-state index contributed by atoms with van der Waals surface area (Å²) in [6.45, 7) is 2.87. The van der Waals surface area contributed by atoms with Crippen molar-refractivity contribution in [2.75, 3.05) is 42.7 Å². The molecule has 4 atom stereocenters. The van der Waals surface area contributed by atoms with E-state index in [-0.39, 0.29) is 34.7 Å². The van der Waals surface area contributed by atoms with Crippen LogP contribution in [0.5, 0.6) is 34.8 Å². The molecule has 0 fully saturated rings. The van der Waals surface area contributed by atoms with Gasteiger partial charge in [0.2, 0.25) is 11.8 Å². The van der Waals surface area contributed by atoms with Gasteiger partial charge < -0.3 is 47.8 Å². The second-order valence-corrected chi connectivity index (χ2v) is 21.3. The van der Waals surface area contributed by atoms with Crippen molar-refractivity contribution in [3.63, 3.8) is 0 Å². The van der Waals surface area contributed by atoms with E-state index < -0.39 is 53.9 Å². The van der Waals surface area contributed by atoms with Gasteiger partial charge in [0.1, 0.15) is 69.5 Å². The van der Waals surface area contributed by atoms with Crippen LogP contribution < -0.4 is 28.4 Å². The molecular formula is C48H56N12O12S2. The van der Waals surface area contributed by atoms with E-state index in [9.17, 15) is 27.0 Å². The van der Waals surface area contributed by atoms with Gasteiger partial charge in [0.05, 0.1) is 77.2 Å². The third kappa shape index (κ3) is 11.3. The van der Waals surface area contributed by atoms with Crippen LogP contribution in [0.25, 0.3) is 34.4 Å². The second-order valence-electron chi connectivity index (χ2n) is 16.5. The normalized spacial score (nSPS) is 13.2. The van der Waals surface area contributed by atoms with Crippen molar-refractivity contribution in [2.24, 2.45) is 14.1 Å². The quantitative estimate of drug-likeness (QED) is 0.108. The number of hydrogen-bond donors (Lipinski definition) is 2. The molecule has 0 spiro atoms. The molecule has 0 unspecified atom stereocenters. The number of aliphatic hydroxyl groups excluding tert-OH is 2. The maximum atomic E-state index is 13.5. The van der Waals surface area contributed by atoms with Gasteiger partial charge in [-0.2, -0.15) is 0 Å². The Bertz CT molecular complexity index is 3180. The first-order chi connectivity index (χ1) is 35.4. The minimum Gasteiger partial charge on any atom is -0.494 e. The van der Waals surface area contributed by atoms with Crippen LogP contribution in [0, 0.1) is 0 Å². The fourth-order valence-corrected chi connectivity index (χ4v) is 10.4.